The van der Waals surface area contributed by atoms with E-state index in [2.05, 4.69) is 26.0 Å². The van der Waals surface area contributed by atoms with Gasteiger partial charge in [-0.3, -0.25) is 4.57 Å². The summed E-state index contributed by atoms with van der Waals surface area (Å²) >= 11 is 0. The standard InChI is InChI=1S/C30H62NO3P/c1-6-8-9-10-11-12-13-14-15-16-17-18-19-20-21-22-23-24-25-26-27-29-34-35(32,33)30(28-7-2)31(3,4)5/h14-15,30H,6-13,16-29H2,1-5H3/p+1/b15-14-. The largest absolute Gasteiger partial charge is 0.385 e. The smallest absolute Gasteiger partial charge is 0.320 e. The SMILES string of the molecule is CCCCCCCC/C=C\CCCCCCCCCCCCCOP(=O)(O)C(CCC)[N+](C)(C)C. The van der Waals surface area contributed by atoms with Gasteiger partial charge in [0, 0.05) is 6.42 Å². The van der Waals surface area contributed by atoms with Crippen LogP contribution in [0, 0.1) is 0 Å². The monoisotopic (exact) mass is 516 g/mol. The first kappa shape index (κ1) is 34.9. The number of allylic oxidation sites excluding steroid dienone is 2. The Morgan fingerprint density at radius 3 is 1.46 bits per heavy atom. The molecule has 0 aliphatic rings. The van der Waals surface area contributed by atoms with Crippen LogP contribution in [0.15, 0.2) is 12.2 Å². The van der Waals surface area contributed by atoms with E-state index in [0.29, 0.717) is 17.5 Å². The van der Waals surface area contributed by atoms with Crippen molar-refractivity contribution >= 4 is 7.60 Å². The van der Waals surface area contributed by atoms with Crippen molar-refractivity contribution < 1.29 is 18.5 Å². The van der Waals surface area contributed by atoms with Gasteiger partial charge in [0.05, 0.1) is 27.7 Å². The van der Waals surface area contributed by atoms with E-state index < -0.39 is 7.60 Å². The predicted octanol–water partition coefficient (Wildman–Crippen LogP) is 10.0. The number of quaternary nitrogens is 1. The number of nitrogens with zero attached hydrogens (tertiary/aromatic N) is 1. The third-order valence-corrected chi connectivity index (χ3v) is 9.26. The normalized spacial score (nSPS) is 15.0. The van der Waals surface area contributed by atoms with Crippen molar-refractivity contribution in [3.8, 4) is 0 Å². The van der Waals surface area contributed by atoms with E-state index in [1.807, 2.05) is 21.1 Å². The summed E-state index contributed by atoms with van der Waals surface area (Å²) in [6, 6.07) is 0. The van der Waals surface area contributed by atoms with Crippen molar-refractivity contribution in [2.24, 2.45) is 0 Å². The second-order valence-electron chi connectivity index (χ2n) is 11.5. The molecule has 210 valence electrons. The Balaban J connectivity index is 3.46. The fraction of sp³-hybridized carbons (Fsp3) is 0.933. The fourth-order valence-corrected chi connectivity index (χ4v) is 6.78. The van der Waals surface area contributed by atoms with E-state index in [1.54, 1.807) is 0 Å². The Morgan fingerprint density at radius 2 is 1.06 bits per heavy atom. The van der Waals surface area contributed by atoms with Crippen LogP contribution in [0.2, 0.25) is 0 Å². The molecule has 0 saturated carbocycles. The molecule has 0 aromatic heterocycles. The van der Waals surface area contributed by atoms with Crippen LogP contribution in [0.3, 0.4) is 0 Å². The summed E-state index contributed by atoms with van der Waals surface area (Å²) in [5.41, 5.74) is 0. The van der Waals surface area contributed by atoms with Crippen LogP contribution < -0.4 is 0 Å². The first-order valence-corrected chi connectivity index (χ1v) is 16.8. The highest BCUT2D eigenvalue weighted by Gasteiger charge is 2.41. The Hall–Kier alpha value is -0.150. The summed E-state index contributed by atoms with van der Waals surface area (Å²) in [6.07, 6.45) is 31.3. The molecule has 0 aliphatic heterocycles. The summed E-state index contributed by atoms with van der Waals surface area (Å²) in [5.74, 6) is -0.334. The van der Waals surface area contributed by atoms with Crippen molar-refractivity contribution in [2.45, 2.75) is 154 Å². The molecular weight excluding hydrogens is 453 g/mol. The third-order valence-electron chi connectivity index (χ3n) is 7.00. The molecule has 2 atom stereocenters. The zero-order valence-corrected chi connectivity index (χ0v) is 25.3. The molecule has 0 radical (unpaired) electrons. The van der Waals surface area contributed by atoms with E-state index in [0.717, 1.165) is 19.3 Å². The summed E-state index contributed by atoms with van der Waals surface area (Å²) in [4.78, 5) is 10.4. The summed E-state index contributed by atoms with van der Waals surface area (Å²) in [5, 5.41) is 0. The fourth-order valence-electron chi connectivity index (χ4n) is 4.76. The molecule has 0 spiro atoms. The van der Waals surface area contributed by atoms with Crippen LogP contribution in [0.4, 0.5) is 0 Å². The maximum absolute atomic E-state index is 12.7. The molecule has 5 heteroatoms. The lowest BCUT2D eigenvalue weighted by molar-refractivity contribution is -0.883. The van der Waals surface area contributed by atoms with Gasteiger partial charge in [-0.1, -0.05) is 116 Å². The minimum absolute atomic E-state index is 0.334. The zero-order valence-electron chi connectivity index (χ0n) is 24.4. The van der Waals surface area contributed by atoms with E-state index in [9.17, 15) is 9.46 Å². The zero-order chi connectivity index (χ0) is 26.3. The number of hydrogen-bond acceptors (Lipinski definition) is 2. The lowest BCUT2D eigenvalue weighted by atomic mass is 10.0. The average Bonchev–Trinajstić information content (AvgIpc) is 2.80. The highest BCUT2D eigenvalue weighted by Crippen LogP contribution is 2.51. The topological polar surface area (TPSA) is 46.5 Å². The minimum Gasteiger partial charge on any atom is -0.320 e. The molecular formula is C30H63NO3P+. The van der Waals surface area contributed by atoms with Crippen molar-refractivity contribution in [1.82, 2.24) is 0 Å². The lowest BCUT2D eigenvalue weighted by Crippen LogP contribution is -2.45. The highest BCUT2D eigenvalue weighted by atomic mass is 31.2. The highest BCUT2D eigenvalue weighted by molar-refractivity contribution is 7.53. The Labute approximate surface area is 220 Å². The van der Waals surface area contributed by atoms with Gasteiger partial charge in [-0.05, 0) is 38.5 Å². The number of rotatable bonds is 26. The Morgan fingerprint density at radius 1 is 0.657 bits per heavy atom. The second kappa shape index (κ2) is 23.0. The number of unbranched alkanes of at least 4 members (excludes halogenated alkanes) is 17. The van der Waals surface area contributed by atoms with Crippen LogP contribution in [0.5, 0.6) is 0 Å². The van der Waals surface area contributed by atoms with Gasteiger partial charge in [0.1, 0.15) is 0 Å². The third kappa shape index (κ3) is 21.6. The van der Waals surface area contributed by atoms with E-state index in [-0.39, 0.29) is 5.78 Å². The van der Waals surface area contributed by atoms with Gasteiger partial charge in [-0.15, -0.1) is 0 Å². The van der Waals surface area contributed by atoms with Crippen LogP contribution in [0.1, 0.15) is 149 Å². The minimum atomic E-state index is -3.57. The summed E-state index contributed by atoms with van der Waals surface area (Å²) < 4.78 is 18.6. The van der Waals surface area contributed by atoms with Crippen LogP contribution in [0.25, 0.3) is 0 Å². The number of hydrogen-bond donors (Lipinski definition) is 1. The molecule has 0 aromatic rings. The van der Waals surface area contributed by atoms with E-state index in [1.165, 1.54) is 109 Å². The molecule has 4 nitrogen and oxygen atoms in total. The molecule has 0 bridgehead atoms. The quantitative estimate of drug-likeness (QED) is 0.0538. The predicted molar refractivity (Wildman–Crippen MR) is 155 cm³/mol. The average molecular weight is 517 g/mol. The van der Waals surface area contributed by atoms with Gasteiger partial charge in [-0.25, -0.2) is 0 Å². The van der Waals surface area contributed by atoms with Gasteiger partial charge >= 0.3 is 7.60 Å². The first-order chi connectivity index (χ1) is 16.8. The van der Waals surface area contributed by atoms with Gasteiger partial charge in [0.25, 0.3) is 0 Å². The van der Waals surface area contributed by atoms with Gasteiger partial charge in [-0.2, -0.15) is 0 Å². The second-order valence-corrected chi connectivity index (χ2v) is 13.5. The van der Waals surface area contributed by atoms with Crippen LogP contribution in [-0.2, 0) is 9.09 Å². The molecule has 2 unspecified atom stereocenters. The molecule has 0 aromatic carbocycles. The molecule has 0 fully saturated rings. The maximum Gasteiger partial charge on any atom is 0.385 e. The first-order valence-electron chi connectivity index (χ1n) is 15.2. The van der Waals surface area contributed by atoms with Crippen molar-refractivity contribution in [3.63, 3.8) is 0 Å². The van der Waals surface area contributed by atoms with Crippen molar-refractivity contribution in [1.29, 1.82) is 0 Å². The van der Waals surface area contributed by atoms with Gasteiger partial charge in [0.15, 0.2) is 5.78 Å². The van der Waals surface area contributed by atoms with Gasteiger partial charge < -0.3 is 13.9 Å². The van der Waals surface area contributed by atoms with E-state index in [4.69, 9.17) is 4.52 Å². The molecule has 0 rings (SSSR count). The molecule has 0 amide bonds. The summed E-state index contributed by atoms with van der Waals surface area (Å²) in [7, 11) is 2.36. The van der Waals surface area contributed by atoms with Gasteiger partial charge in [0.2, 0.25) is 0 Å². The molecule has 0 saturated heterocycles. The maximum atomic E-state index is 12.7. The van der Waals surface area contributed by atoms with Crippen molar-refractivity contribution in [2.75, 3.05) is 27.7 Å². The molecule has 1 N–H and O–H groups in total. The van der Waals surface area contributed by atoms with Crippen molar-refractivity contribution in [3.05, 3.63) is 12.2 Å². The van der Waals surface area contributed by atoms with E-state index >= 15 is 0 Å². The van der Waals surface area contributed by atoms with Crippen LogP contribution in [-0.4, -0.2) is 42.9 Å². The summed E-state index contributed by atoms with van der Waals surface area (Å²) in [6.45, 7) is 4.74. The Kier molecular flexibility index (Phi) is 22.9. The molecule has 0 heterocycles. The Bertz CT molecular complexity index is 530. The molecule has 35 heavy (non-hydrogen) atoms. The molecule has 0 aliphatic carbocycles. The lowest BCUT2D eigenvalue weighted by Gasteiger charge is -2.35. The van der Waals surface area contributed by atoms with Crippen LogP contribution >= 0.6 is 7.60 Å².